The van der Waals surface area contributed by atoms with Gasteiger partial charge in [-0.2, -0.15) is 0 Å². The Morgan fingerprint density at radius 3 is 2.23 bits per heavy atom. The average Bonchev–Trinajstić information content (AvgIpc) is 2.58. The third-order valence-electron chi connectivity index (χ3n) is 3.97. The van der Waals surface area contributed by atoms with Crippen LogP contribution in [-0.2, 0) is 26.3 Å². The summed E-state index contributed by atoms with van der Waals surface area (Å²) >= 11 is 9.63. The van der Waals surface area contributed by atoms with Crippen molar-refractivity contribution < 1.29 is 14.3 Å². The summed E-state index contributed by atoms with van der Waals surface area (Å²) in [5, 5.41) is 0.364. The number of esters is 1. The fourth-order valence-electron chi connectivity index (χ4n) is 2.46. The van der Waals surface area contributed by atoms with Crippen LogP contribution in [0.5, 0.6) is 0 Å². The lowest BCUT2D eigenvalue weighted by Crippen LogP contribution is -2.37. The zero-order chi connectivity index (χ0) is 19.5. The Kier molecular flexibility index (Phi) is 6.48. The minimum absolute atomic E-state index is 0.0368. The molecule has 0 atom stereocenters. The number of ether oxygens (including phenoxy) is 1. The Morgan fingerprint density at radius 1 is 1.12 bits per heavy atom. The van der Waals surface area contributed by atoms with Crippen LogP contribution in [0.15, 0.2) is 46.9 Å². The summed E-state index contributed by atoms with van der Waals surface area (Å²) in [5.41, 5.74) is 2.56. The summed E-state index contributed by atoms with van der Waals surface area (Å²) in [5.74, 6) is -1.70. The topological polar surface area (TPSA) is 46.6 Å². The first-order valence-corrected chi connectivity index (χ1v) is 9.25. The van der Waals surface area contributed by atoms with Gasteiger partial charge >= 0.3 is 11.9 Å². The van der Waals surface area contributed by atoms with Gasteiger partial charge in [-0.1, -0.05) is 72.6 Å². The lowest BCUT2D eigenvalue weighted by molar-refractivity contribution is -0.151. The SMILES string of the molecule is COC(=O)C(=O)N(Cc1ccc(C(C)(C)C)cc1)c1ccc(Br)cc1Cl. The number of anilines is 1. The molecule has 0 aliphatic carbocycles. The van der Waals surface area contributed by atoms with E-state index in [1.165, 1.54) is 17.6 Å². The van der Waals surface area contributed by atoms with Gasteiger partial charge in [0.1, 0.15) is 0 Å². The zero-order valence-corrected chi connectivity index (χ0v) is 17.5. The predicted octanol–water partition coefficient (Wildman–Crippen LogP) is 5.11. The number of benzene rings is 2. The first-order chi connectivity index (χ1) is 12.1. The average molecular weight is 439 g/mol. The third-order valence-corrected chi connectivity index (χ3v) is 4.76. The molecule has 0 aliphatic heterocycles. The number of hydrogen-bond donors (Lipinski definition) is 0. The maximum absolute atomic E-state index is 12.5. The van der Waals surface area contributed by atoms with Gasteiger partial charge in [0, 0.05) is 4.47 Å². The van der Waals surface area contributed by atoms with E-state index < -0.39 is 11.9 Å². The van der Waals surface area contributed by atoms with E-state index in [0.717, 1.165) is 10.0 Å². The molecule has 1 amide bonds. The van der Waals surface area contributed by atoms with Crippen molar-refractivity contribution >= 4 is 45.1 Å². The van der Waals surface area contributed by atoms with Crippen LogP contribution in [0.3, 0.4) is 0 Å². The van der Waals surface area contributed by atoms with E-state index in [0.29, 0.717) is 10.7 Å². The van der Waals surface area contributed by atoms with Crippen LogP contribution >= 0.6 is 27.5 Å². The second-order valence-electron chi connectivity index (χ2n) is 6.93. The van der Waals surface area contributed by atoms with Crippen molar-refractivity contribution in [3.05, 3.63) is 63.1 Å². The summed E-state index contributed by atoms with van der Waals surface area (Å²) < 4.78 is 5.38. The van der Waals surface area contributed by atoms with Crippen LogP contribution in [0.4, 0.5) is 5.69 Å². The molecule has 0 heterocycles. The number of nitrogens with zero attached hydrogens (tertiary/aromatic N) is 1. The Morgan fingerprint density at radius 2 is 1.73 bits per heavy atom. The molecule has 6 heteroatoms. The summed E-state index contributed by atoms with van der Waals surface area (Å²) in [6.45, 7) is 6.61. The molecule has 138 valence electrons. The van der Waals surface area contributed by atoms with Crippen molar-refractivity contribution in [2.24, 2.45) is 0 Å². The quantitative estimate of drug-likeness (QED) is 0.494. The van der Waals surface area contributed by atoms with Crippen LogP contribution in [0, 0.1) is 0 Å². The molecular weight excluding hydrogens is 418 g/mol. The van der Waals surface area contributed by atoms with E-state index in [-0.39, 0.29) is 12.0 Å². The first-order valence-electron chi connectivity index (χ1n) is 8.07. The standard InChI is InChI=1S/C20H21BrClNO3/c1-20(2,3)14-7-5-13(6-8-14)12-23(18(24)19(25)26-4)17-10-9-15(21)11-16(17)22/h5-11H,12H2,1-4H3. The third kappa shape index (κ3) is 4.86. The summed E-state index contributed by atoms with van der Waals surface area (Å²) in [4.78, 5) is 25.7. The highest BCUT2D eigenvalue weighted by Crippen LogP contribution is 2.31. The first kappa shape index (κ1) is 20.5. The second-order valence-corrected chi connectivity index (χ2v) is 8.25. The molecule has 0 fully saturated rings. The summed E-state index contributed by atoms with van der Waals surface area (Å²) in [6.07, 6.45) is 0. The smallest absolute Gasteiger partial charge is 0.397 e. The maximum atomic E-state index is 12.5. The molecular formula is C20H21BrClNO3. The van der Waals surface area contributed by atoms with E-state index in [1.54, 1.807) is 18.2 Å². The van der Waals surface area contributed by atoms with Crippen molar-refractivity contribution in [2.45, 2.75) is 32.7 Å². The van der Waals surface area contributed by atoms with Gasteiger partial charge in [-0.15, -0.1) is 0 Å². The number of carbonyl (C=O) groups is 2. The van der Waals surface area contributed by atoms with Gasteiger partial charge in [-0.25, -0.2) is 4.79 Å². The normalized spacial score (nSPS) is 11.2. The van der Waals surface area contributed by atoms with Crippen LogP contribution in [0.25, 0.3) is 0 Å². The lowest BCUT2D eigenvalue weighted by atomic mass is 9.87. The molecule has 0 aromatic heterocycles. The predicted molar refractivity (Wildman–Crippen MR) is 108 cm³/mol. The molecule has 0 bridgehead atoms. The van der Waals surface area contributed by atoms with Crippen LogP contribution in [0.1, 0.15) is 31.9 Å². The summed E-state index contributed by atoms with van der Waals surface area (Å²) in [7, 11) is 1.18. The molecule has 2 rings (SSSR count). The Balaban J connectivity index is 2.38. The van der Waals surface area contributed by atoms with E-state index in [1.807, 2.05) is 24.3 Å². The fourth-order valence-corrected chi connectivity index (χ4v) is 3.23. The number of hydrogen-bond acceptors (Lipinski definition) is 3. The highest BCUT2D eigenvalue weighted by Gasteiger charge is 2.26. The monoisotopic (exact) mass is 437 g/mol. The van der Waals surface area contributed by atoms with Gasteiger partial charge in [0.25, 0.3) is 0 Å². The lowest BCUT2D eigenvalue weighted by Gasteiger charge is -2.24. The molecule has 0 N–H and O–H groups in total. The molecule has 4 nitrogen and oxygen atoms in total. The number of amides is 1. The van der Waals surface area contributed by atoms with Crippen molar-refractivity contribution in [3.63, 3.8) is 0 Å². The molecule has 26 heavy (non-hydrogen) atoms. The number of rotatable bonds is 3. The highest BCUT2D eigenvalue weighted by molar-refractivity contribution is 9.10. The minimum atomic E-state index is -0.935. The van der Waals surface area contributed by atoms with Crippen molar-refractivity contribution in [3.8, 4) is 0 Å². The van der Waals surface area contributed by atoms with E-state index in [9.17, 15) is 9.59 Å². The largest absolute Gasteiger partial charge is 0.462 e. The molecule has 0 saturated heterocycles. The van der Waals surface area contributed by atoms with Gasteiger partial charge in [-0.3, -0.25) is 9.69 Å². The molecule has 0 aliphatic rings. The van der Waals surface area contributed by atoms with Crippen LogP contribution in [0.2, 0.25) is 5.02 Å². The number of halogens is 2. The molecule has 0 radical (unpaired) electrons. The Bertz CT molecular complexity index is 813. The second kappa shape index (κ2) is 8.23. The molecule has 0 unspecified atom stereocenters. The molecule has 2 aromatic rings. The highest BCUT2D eigenvalue weighted by atomic mass is 79.9. The summed E-state index contributed by atoms with van der Waals surface area (Å²) in [6, 6.07) is 13.1. The van der Waals surface area contributed by atoms with Crippen LogP contribution in [-0.4, -0.2) is 19.0 Å². The van der Waals surface area contributed by atoms with Crippen LogP contribution < -0.4 is 4.90 Å². The Labute approximate surface area is 167 Å². The minimum Gasteiger partial charge on any atom is -0.462 e. The zero-order valence-electron chi connectivity index (χ0n) is 15.2. The fraction of sp³-hybridized carbons (Fsp3) is 0.300. The van der Waals surface area contributed by atoms with E-state index in [2.05, 4.69) is 41.4 Å². The molecule has 0 saturated carbocycles. The number of carbonyl (C=O) groups excluding carboxylic acids is 2. The van der Waals surface area contributed by atoms with Gasteiger partial charge in [0.15, 0.2) is 0 Å². The molecule has 2 aromatic carbocycles. The van der Waals surface area contributed by atoms with Gasteiger partial charge < -0.3 is 4.74 Å². The number of methoxy groups -OCH3 is 1. The Hall–Kier alpha value is -1.85. The van der Waals surface area contributed by atoms with Gasteiger partial charge in [0.2, 0.25) is 0 Å². The van der Waals surface area contributed by atoms with Crippen molar-refractivity contribution in [1.29, 1.82) is 0 Å². The van der Waals surface area contributed by atoms with Gasteiger partial charge in [0.05, 0.1) is 24.4 Å². The molecule has 0 spiro atoms. The van der Waals surface area contributed by atoms with Crippen molar-refractivity contribution in [1.82, 2.24) is 0 Å². The van der Waals surface area contributed by atoms with E-state index >= 15 is 0 Å². The van der Waals surface area contributed by atoms with E-state index in [4.69, 9.17) is 11.6 Å². The van der Waals surface area contributed by atoms with Gasteiger partial charge in [-0.05, 0) is 34.7 Å². The van der Waals surface area contributed by atoms with Crippen molar-refractivity contribution in [2.75, 3.05) is 12.0 Å². The maximum Gasteiger partial charge on any atom is 0.397 e.